The molecule has 1 aromatic carbocycles. The van der Waals surface area contributed by atoms with Crippen LogP contribution in [0.3, 0.4) is 0 Å². The molecule has 0 saturated carbocycles. The van der Waals surface area contributed by atoms with Crippen LogP contribution >= 0.6 is 0 Å². The molecule has 0 heterocycles. The van der Waals surface area contributed by atoms with E-state index in [2.05, 4.69) is 18.6 Å². The fraction of sp³-hybridized carbons (Fsp3) is 0.600. The van der Waals surface area contributed by atoms with Gasteiger partial charge in [-0.05, 0) is 24.0 Å². The lowest BCUT2D eigenvalue weighted by atomic mass is 9.96. The molecule has 5 heteroatoms. The van der Waals surface area contributed by atoms with E-state index in [4.69, 9.17) is 5.73 Å². The minimum absolute atomic E-state index is 0.00907. The summed E-state index contributed by atoms with van der Waals surface area (Å²) in [6.45, 7) is 6.46. The molecule has 0 spiro atoms. The molecule has 1 atom stereocenters. The van der Waals surface area contributed by atoms with Crippen molar-refractivity contribution in [3.63, 3.8) is 0 Å². The molecule has 0 fully saturated rings. The summed E-state index contributed by atoms with van der Waals surface area (Å²) in [5, 5.41) is 0. The third-order valence-corrected chi connectivity index (χ3v) is 5.23. The quantitative estimate of drug-likeness (QED) is 0.774. The van der Waals surface area contributed by atoms with Gasteiger partial charge < -0.3 is 5.73 Å². The molecule has 114 valence electrons. The Bertz CT molecular complexity index is 510. The number of rotatable bonds is 8. The first-order valence-corrected chi connectivity index (χ1v) is 8.85. The molecule has 4 nitrogen and oxygen atoms in total. The van der Waals surface area contributed by atoms with Crippen molar-refractivity contribution in [1.82, 2.24) is 4.72 Å². The maximum absolute atomic E-state index is 12.3. The van der Waals surface area contributed by atoms with Crippen LogP contribution in [0.25, 0.3) is 0 Å². The van der Waals surface area contributed by atoms with E-state index < -0.39 is 10.0 Å². The first-order chi connectivity index (χ1) is 9.43. The van der Waals surface area contributed by atoms with Gasteiger partial charge in [-0.3, -0.25) is 0 Å². The molecule has 0 aliphatic carbocycles. The van der Waals surface area contributed by atoms with Crippen LogP contribution in [0.15, 0.2) is 24.3 Å². The fourth-order valence-electron chi connectivity index (χ4n) is 2.52. The van der Waals surface area contributed by atoms with Gasteiger partial charge in [-0.2, -0.15) is 0 Å². The van der Waals surface area contributed by atoms with E-state index in [1.165, 1.54) is 0 Å². The third kappa shape index (κ3) is 4.89. The normalized spacial score (nSPS) is 13.7. The van der Waals surface area contributed by atoms with Gasteiger partial charge in [-0.15, -0.1) is 0 Å². The summed E-state index contributed by atoms with van der Waals surface area (Å²) in [6.07, 6.45) is 1.94. The summed E-state index contributed by atoms with van der Waals surface area (Å²) in [7, 11) is -3.34. The zero-order chi connectivity index (χ0) is 15.2. The molecule has 0 aromatic heterocycles. The summed E-state index contributed by atoms with van der Waals surface area (Å²) in [4.78, 5) is 0. The summed E-state index contributed by atoms with van der Waals surface area (Å²) in [5.41, 5.74) is 7.31. The molecule has 0 radical (unpaired) electrons. The van der Waals surface area contributed by atoms with Crippen LogP contribution in [0.4, 0.5) is 0 Å². The fourth-order valence-corrected chi connectivity index (χ4v) is 4.05. The van der Waals surface area contributed by atoms with Crippen molar-refractivity contribution in [1.29, 1.82) is 0 Å². The molecule has 0 saturated heterocycles. The first kappa shape index (κ1) is 17.1. The Morgan fingerprint density at radius 2 is 1.70 bits per heavy atom. The number of hydrogen-bond acceptors (Lipinski definition) is 3. The Hall–Kier alpha value is -0.910. The lowest BCUT2D eigenvalue weighted by Crippen LogP contribution is -2.38. The van der Waals surface area contributed by atoms with Crippen molar-refractivity contribution in [2.24, 2.45) is 11.7 Å². The SMILES string of the molecule is CCC(CC)C(C)NS(=O)(=O)Cc1ccccc1CN. The van der Waals surface area contributed by atoms with E-state index >= 15 is 0 Å². The maximum atomic E-state index is 12.3. The summed E-state index contributed by atoms with van der Waals surface area (Å²) in [5.74, 6) is 0.361. The van der Waals surface area contributed by atoms with Gasteiger partial charge in [0.05, 0.1) is 5.75 Å². The number of nitrogens with one attached hydrogen (secondary N) is 1. The van der Waals surface area contributed by atoms with Gasteiger partial charge in [0.15, 0.2) is 0 Å². The molecule has 1 aromatic rings. The van der Waals surface area contributed by atoms with E-state index in [1.54, 1.807) is 0 Å². The highest BCUT2D eigenvalue weighted by molar-refractivity contribution is 7.88. The molecule has 20 heavy (non-hydrogen) atoms. The van der Waals surface area contributed by atoms with Gasteiger partial charge in [0.1, 0.15) is 0 Å². The van der Waals surface area contributed by atoms with E-state index in [9.17, 15) is 8.42 Å². The highest BCUT2D eigenvalue weighted by Crippen LogP contribution is 2.16. The topological polar surface area (TPSA) is 72.2 Å². The molecule has 1 unspecified atom stereocenters. The highest BCUT2D eigenvalue weighted by Gasteiger charge is 2.21. The monoisotopic (exact) mass is 298 g/mol. The number of sulfonamides is 1. The van der Waals surface area contributed by atoms with E-state index in [-0.39, 0.29) is 11.8 Å². The molecular formula is C15H26N2O2S. The highest BCUT2D eigenvalue weighted by atomic mass is 32.2. The van der Waals surface area contributed by atoms with Crippen LogP contribution in [-0.2, 0) is 22.3 Å². The van der Waals surface area contributed by atoms with E-state index in [1.807, 2.05) is 31.2 Å². The van der Waals surface area contributed by atoms with Crippen molar-refractivity contribution in [2.75, 3.05) is 0 Å². The predicted octanol–water partition coefficient (Wildman–Crippen LogP) is 2.39. The zero-order valence-electron chi connectivity index (χ0n) is 12.6. The van der Waals surface area contributed by atoms with Crippen molar-refractivity contribution in [2.45, 2.75) is 52.0 Å². The van der Waals surface area contributed by atoms with Crippen LogP contribution in [-0.4, -0.2) is 14.5 Å². The molecule has 0 aliphatic heterocycles. The number of nitrogens with two attached hydrogens (primary N) is 1. The summed E-state index contributed by atoms with van der Waals surface area (Å²) >= 11 is 0. The number of hydrogen-bond donors (Lipinski definition) is 2. The van der Waals surface area contributed by atoms with Crippen LogP contribution in [0.2, 0.25) is 0 Å². The van der Waals surface area contributed by atoms with Crippen LogP contribution in [0.5, 0.6) is 0 Å². The van der Waals surface area contributed by atoms with Crippen molar-refractivity contribution in [3.05, 3.63) is 35.4 Å². The Balaban J connectivity index is 2.80. The molecule has 3 N–H and O–H groups in total. The van der Waals surface area contributed by atoms with Gasteiger partial charge in [-0.25, -0.2) is 13.1 Å². The summed E-state index contributed by atoms with van der Waals surface area (Å²) in [6, 6.07) is 7.37. The predicted molar refractivity (Wildman–Crippen MR) is 83.6 cm³/mol. The Kier molecular flexibility index (Phi) is 6.65. The van der Waals surface area contributed by atoms with Gasteiger partial charge in [0.2, 0.25) is 10.0 Å². The second-order valence-corrected chi connectivity index (χ2v) is 6.97. The minimum Gasteiger partial charge on any atom is -0.326 e. The van der Waals surface area contributed by atoms with Gasteiger partial charge >= 0.3 is 0 Å². The average molecular weight is 298 g/mol. The Labute approximate surface area is 122 Å². The first-order valence-electron chi connectivity index (χ1n) is 7.20. The molecular weight excluding hydrogens is 272 g/mol. The molecule has 0 bridgehead atoms. The van der Waals surface area contributed by atoms with Crippen molar-refractivity contribution >= 4 is 10.0 Å². The Morgan fingerprint density at radius 3 is 2.20 bits per heavy atom. The van der Waals surface area contributed by atoms with Crippen LogP contribution in [0.1, 0.15) is 44.7 Å². The van der Waals surface area contributed by atoms with Crippen LogP contribution in [0, 0.1) is 5.92 Å². The lowest BCUT2D eigenvalue weighted by molar-refractivity contribution is 0.390. The number of benzene rings is 1. The van der Waals surface area contributed by atoms with Gasteiger partial charge in [-0.1, -0.05) is 51.0 Å². The van der Waals surface area contributed by atoms with Gasteiger partial charge in [0, 0.05) is 12.6 Å². The third-order valence-electron chi connectivity index (χ3n) is 3.81. The Morgan fingerprint density at radius 1 is 1.15 bits per heavy atom. The van der Waals surface area contributed by atoms with Crippen molar-refractivity contribution in [3.8, 4) is 0 Å². The van der Waals surface area contributed by atoms with Gasteiger partial charge in [0.25, 0.3) is 0 Å². The summed E-state index contributed by atoms with van der Waals surface area (Å²) < 4.78 is 27.3. The largest absolute Gasteiger partial charge is 0.326 e. The molecule has 0 amide bonds. The van der Waals surface area contributed by atoms with E-state index in [0.29, 0.717) is 12.5 Å². The van der Waals surface area contributed by atoms with Crippen molar-refractivity contribution < 1.29 is 8.42 Å². The smallest absolute Gasteiger partial charge is 0.216 e. The molecule has 1 rings (SSSR count). The lowest BCUT2D eigenvalue weighted by Gasteiger charge is -2.22. The standard InChI is InChI=1S/C15H26N2O2S/c1-4-13(5-2)12(3)17-20(18,19)11-15-9-7-6-8-14(15)10-16/h6-9,12-13,17H,4-5,10-11,16H2,1-3H3. The minimum atomic E-state index is -3.34. The molecule has 0 aliphatic rings. The maximum Gasteiger partial charge on any atom is 0.216 e. The average Bonchev–Trinajstić information content (AvgIpc) is 2.39. The second-order valence-electron chi connectivity index (χ2n) is 5.22. The second kappa shape index (κ2) is 7.76. The van der Waals surface area contributed by atoms with Crippen LogP contribution < -0.4 is 10.5 Å². The zero-order valence-corrected chi connectivity index (χ0v) is 13.4. The van der Waals surface area contributed by atoms with E-state index in [0.717, 1.165) is 24.0 Å².